The number of rotatable bonds is 3. The molecule has 1 unspecified atom stereocenters. The number of hydrazone groups is 1. The molecule has 0 spiro atoms. The average molecular weight is 332 g/mol. The Kier molecular flexibility index (Phi) is 4.05. The quantitative estimate of drug-likeness (QED) is 0.494. The van der Waals surface area contributed by atoms with Crippen LogP contribution in [0.4, 0.5) is 0 Å². The Balaban J connectivity index is 1.29. The second kappa shape index (κ2) is 6.33. The number of hydrogen-bond acceptors (Lipinski definition) is 5. The van der Waals surface area contributed by atoms with Gasteiger partial charge in [0.05, 0.1) is 6.21 Å². The van der Waals surface area contributed by atoms with Crippen molar-refractivity contribution in [1.29, 1.82) is 0 Å². The monoisotopic (exact) mass is 332 g/mol. The molecule has 3 saturated heterocycles. The van der Waals surface area contributed by atoms with Crippen LogP contribution in [0.1, 0.15) is 18.4 Å². The molecule has 3 fully saturated rings. The lowest BCUT2D eigenvalue weighted by molar-refractivity contribution is 0.0812. The highest BCUT2D eigenvalue weighted by Gasteiger charge is 2.34. The zero-order chi connectivity index (χ0) is 15.6. The first-order chi connectivity index (χ1) is 11.3. The van der Waals surface area contributed by atoms with Gasteiger partial charge in [0.1, 0.15) is 0 Å². The number of ether oxygens (including phenoxy) is 2. The minimum Gasteiger partial charge on any atom is -0.454 e. The van der Waals surface area contributed by atoms with E-state index in [1.54, 1.807) is 6.21 Å². The topological polar surface area (TPSA) is 58.1 Å². The van der Waals surface area contributed by atoms with Crippen molar-refractivity contribution in [3.63, 3.8) is 0 Å². The summed E-state index contributed by atoms with van der Waals surface area (Å²) < 4.78 is 10.6. The van der Waals surface area contributed by atoms with E-state index in [4.69, 9.17) is 21.7 Å². The molecule has 0 aromatic heterocycles. The van der Waals surface area contributed by atoms with Crippen LogP contribution in [0, 0.1) is 5.92 Å². The fourth-order valence-electron chi connectivity index (χ4n) is 3.49. The van der Waals surface area contributed by atoms with Crippen molar-refractivity contribution < 1.29 is 9.47 Å². The van der Waals surface area contributed by atoms with Crippen LogP contribution in [-0.2, 0) is 0 Å². The summed E-state index contributed by atoms with van der Waals surface area (Å²) in [4.78, 5) is 2.50. The Morgan fingerprint density at radius 2 is 2.09 bits per heavy atom. The third-order valence-corrected chi connectivity index (χ3v) is 4.96. The van der Waals surface area contributed by atoms with Crippen molar-refractivity contribution in [2.75, 3.05) is 26.4 Å². The molecule has 2 N–H and O–H groups in total. The number of fused-ring (bicyclic) bond motifs is 4. The molecule has 7 heteroatoms. The van der Waals surface area contributed by atoms with Crippen molar-refractivity contribution in [2.24, 2.45) is 11.0 Å². The van der Waals surface area contributed by atoms with Crippen LogP contribution >= 0.6 is 12.2 Å². The Bertz CT molecular complexity index is 629. The third-order valence-electron chi connectivity index (χ3n) is 4.75. The number of hydrogen-bond donors (Lipinski definition) is 2. The van der Waals surface area contributed by atoms with E-state index in [0.29, 0.717) is 11.2 Å². The van der Waals surface area contributed by atoms with E-state index in [1.807, 2.05) is 18.2 Å². The van der Waals surface area contributed by atoms with Gasteiger partial charge in [-0.05, 0) is 67.8 Å². The van der Waals surface area contributed by atoms with E-state index in [1.165, 1.54) is 25.9 Å². The van der Waals surface area contributed by atoms with Gasteiger partial charge in [-0.15, -0.1) is 0 Å². The highest BCUT2D eigenvalue weighted by atomic mass is 32.1. The lowest BCUT2D eigenvalue weighted by atomic mass is 9.84. The summed E-state index contributed by atoms with van der Waals surface area (Å²) in [6, 6.07) is 6.16. The largest absolute Gasteiger partial charge is 0.454 e. The van der Waals surface area contributed by atoms with E-state index in [-0.39, 0.29) is 6.79 Å². The number of nitrogens with one attached hydrogen (secondary N) is 2. The van der Waals surface area contributed by atoms with E-state index in [0.717, 1.165) is 29.5 Å². The summed E-state index contributed by atoms with van der Waals surface area (Å²) in [6.45, 7) is 3.82. The lowest BCUT2D eigenvalue weighted by Crippen LogP contribution is -2.58. The molecule has 1 aromatic rings. The molecule has 23 heavy (non-hydrogen) atoms. The smallest absolute Gasteiger partial charge is 0.231 e. The summed E-state index contributed by atoms with van der Waals surface area (Å²) >= 11 is 5.35. The molecule has 5 rings (SSSR count). The van der Waals surface area contributed by atoms with Crippen molar-refractivity contribution in [3.05, 3.63) is 23.8 Å². The molecule has 0 aliphatic carbocycles. The zero-order valence-electron chi connectivity index (χ0n) is 12.8. The second-order valence-corrected chi connectivity index (χ2v) is 6.61. The first kappa shape index (κ1) is 14.7. The van der Waals surface area contributed by atoms with Crippen molar-refractivity contribution in [2.45, 2.75) is 18.9 Å². The number of benzene rings is 1. The maximum absolute atomic E-state index is 5.35. The van der Waals surface area contributed by atoms with Gasteiger partial charge in [-0.2, -0.15) is 5.10 Å². The van der Waals surface area contributed by atoms with Gasteiger partial charge >= 0.3 is 0 Å². The van der Waals surface area contributed by atoms with Gasteiger partial charge < -0.3 is 19.7 Å². The van der Waals surface area contributed by atoms with Crippen LogP contribution < -0.4 is 20.2 Å². The summed E-state index contributed by atoms with van der Waals surface area (Å²) in [6.07, 6.45) is 4.26. The molecule has 2 bridgehead atoms. The first-order valence-electron chi connectivity index (χ1n) is 7.99. The Labute approximate surface area is 140 Å². The highest BCUT2D eigenvalue weighted by Crippen LogP contribution is 2.32. The van der Waals surface area contributed by atoms with Crippen LogP contribution in [-0.4, -0.2) is 48.7 Å². The first-order valence-corrected chi connectivity index (χ1v) is 8.40. The minimum atomic E-state index is 0.280. The van der Waals surface area contributed by atoms with Crippen LogP contribution in [0.25, 0.3) is 0 Å². The van der Waals surface area contributed by atoms with Gasteiger partial charge in [-0.25, -0.2) is 0 Å². The fraction of sp³-hybridized carbons (Fsp3) is 0.500. The predicted octanol–water partition coefficient (Wildman–Crippen LogP) is 1.31. The van der Waals surface area contributed by atoms with Crippen LogP contribution in [0.5, 0.6) is 11.5 Å². The molecule has 0 saturated carbocycles. The van der Waals surface area contributed by atoms with E-state index in [2.05, 4.69) is 20.7 Å². The highest BCUT2D eigenvalue weighted by molar-refractivity contribution is 7.80. The minimum absolute atomic E-state index is 0.280. The summed E-state index contributed by atoms with van der Waals surface area (Å²) in [5.41, 5.74) is 3.84. The molecule has 4 heterocycles. The van der Waals surface area contributed by atoms with Gasteiger partial charge in [0.2, 0.25) is 6.79 Å². The van der Waals surface area contributed by atoms with Crippen LogP contribution in [0.2, 0.25) is 0 Å². The normalized spacial score (nSPS) is 28.1. The molecule has 0 amide bonds. The van der Waals surface area contributed by atoms with Crippen molar-refractivity contribution in [1.82, 2.24) is 15.6 Å². The summed E-state index contributed by atoms with van der Waals surface area (Å²) in [5.74, 6) is 2.26. The number of nitrogens with zero attached hydrogens (tertiary/aromatic N) is 2. The third kappa shape index (κ3) is 3.25. The molecule has 4 aliphatic rings. The van der Waals surface area contributed by atoms with Crippen molar-refractivity contribution >= 4 is 23.5 Å². The molecular formula is C16H20N4O2S. The average Bonchev–Trinajstić information content (AvgIpc) is 3.03. The maximum atomic E-state index is 5.35. The Morgan fingerprint density at radius 3 is 2.87 bits per heavy atom. The summed E-state index contributed by atoms with van der Waals surface area (Å²) in [7, 11) is 0. The standard InChI is InChI=1S/C16H20N4O2S/c23-16(18-13-9-20-5-3-12(13)4-6-20)19-17-8-11-1-2-14-15(7-11)22-10-21-14/h1-2,7-8,12-13H,3-6,9-10H2,(H2,18,19,23)/b17-8+. The van der Waals surface area contributed by atoms with E-state index in [9.17, 15) is 0 Å². The van der Waals surface area contributed by atoms with E-state index < -0.39 is 0 Å². The SMILES string of the molecule is S=C(N/N=C/c1ccc2c(c1)OCO2)NC1CN2CCC1CC2. The molecular weight excluding hydrogens is 312 g/mol. The van der Waals surface area contributed by atoms with Gasteiger partial charge in [-0.1, -0.05) is 0 Å². The lowest BCUT2D eigenvalue weighted by Gasteiger charge is -2.45. The molecule has 122 valence electrons. The fourth-order valence-corrected chi connectivity index (χ4v) is 3.69. The Morgan fingerprint density at radius 1 is 1.26 bits per heavy atom. The number of thiocarbonyl (C=S) groups is 1. The predicted molar refractivity (Wildman–Crippen MR) is 92.0 cm³/mol. The van der Waals surface area contributed by atoms with E-state index >= 15 is 0 Å². The van der Waals surface area contributed by atoms with Gasteiger partial charge in [0.15, 0.2) is 16.6 Å². The molecule has 1 atom stereocenters. The van der Waals surface area contributed by atoms with Gasteiger partial charge in [0, 0.05) is 12.6 Å². The second-order valence-electron chi connectivity index (χ2n) is 6.20. The Hall–Kier alpha value is -1.86. The molecule has 1 aromatic carbocycles. The number of piperidine rings is 3. The van der Waals surface area contributed by atoms with Crippen LogP contribution in [0.15, 0.2) is 23.3 Å². The van der Waals surface area contributed by atoms with Gasteiger partial charge in [0.25, 0.3) is 0 Å². The maximum Gasteiger partial charge on any atom is 0.231 e. The van der Waals surface area contributed by atoms with Crippen LogP contribution in [0.3, 0.4) is 0 Å². The molecule has 6 nitrogen and oxygen atoms in total. The van der Waals surface area contributed by atoms with Gasteiger partial charge in [-0.3, -0.25) is 5.43 Å². The summed E-state index contributed by atoms with van der Waals surface area (Å²) in [5, 5.41) is 8.19. The molecule has 0 radical (unpaired) electrons. The van der Waals surface area contributed by atoms with Crippen molar-refractivity contribution in [3.8, 4) is 11.5 Å². The zero-order valence-corrected chi connectivity index (χ0v) is 13.6. The molecule has 4 aliphatic heterocycles.